The molecule has 2 aromatic rings. The molecule has 0 aromatic carbocycles. The van der Waals surface area contributed by atoms with Crippen molar-refractivity contribution in [2.45, 2.75) is 36.9 Å². The molecular weight excluding hydrogens is 395 g/mol. The lowest BCUT2D eigenvalue weighted by Crippen LogP contribution is -2.18. The lowest BCUT2D eigenvalue weighted by molar-refractivity contribution is 0.259. The van der Waals surface area contributed by atoms with Crippen LogP contribution in [0.25, 0.3) is 11.2 Å². The average Bonchev–Trinajstić information content (AvgIpc) is 2.84. The number of rotatable bonds is 2. The number of hydrogen-bond acceptors (Lipinski definition) is 4. The minimum atomic E-state index is 0.472. The summed E-state index contributed by atoms with van der Waals surface area (Å²) in [5.74, 6) is 2.01. The van der Waals surface area contributed by atoms with E-state index >= 15 is 0 Å². The van der Waals surface area contributed by atoms with Gasteiger partial charge in [0.25, 0.3) is 0 Å². The van der Waals surface area contributed by atoms with E-state index in [0.717, 1.165) is 28.0 Å². The van der Waals surface area contributed by atoms with Gasteiger partial charge in [0, 0.05) is 34.4 Å². The maximum atomic E-state index is 6.18. The zero-order chi connectivity index (χ0) is 13.0. The molecule has 19 heavy (non-hydrogen) atoms. The van der Waals surface area contributed by atoms with Crippen molar-refractivity contribution < 1.29 is 0 Å². The molecule has 7 heteroatoms. The Balaban J connectivity index is 1.80. The van der Waals surface area contributed by atoms with E-state index in [1.807, 2.05) is 11.8 Å². The van der Waals surface area contributed by atoms with Gasteiger partial charge in [-0.25, -0.2) is 15.0 Å². The number of imidazole rings is 1. The van der Waals surface area contributed by atoms with Crippen molar-refractivity contribution in [3.05, 3.63) is 8.98 Å². The predicted octanol–water partition coefficient (Wildman–Crippen LogP) is 3.92. The molecule has 0 spiro atoms. The van der Waals surface area contributed by atoms with Crippen molar-refractivity contribution >= 4 is 57.1 Å². The number of hydrogen-bond donors (Lipinski definition) is 0. The molecule has 4 rings (SSSR count). The third kappa shape index (κ3) is 2.06. The summed E-state index contributed by atoms with van der Waals surface area (Å²) in [5, 5.41) is 1.52. The number of thioether (sulfide) groups is 1. The topological polar surface area (TPSA) is 43.6 Å². The summed E-state index contributed by atoms with van der Waals surface area (Å²) in [6.07, 6.45) is 5.42. The fourth-order valence-electron chi connectivity index (χ4n) is 2.86. The highest BCUT2D eigenvalue weighted by atomic mass is 127. The molecule has 0 bridgehead atoms. The summed E-state index contributed by atoms with van der Waals surface area (Å²) < 4.78 is 2.98. The molecule has 0 N–H and O–H groups in total. The van der Waals surface area contributed by atoms with E-state index in [2.05, 4.69) is 42.1 Å². The Bertz CT molecular complexity index is 655. The predicted molar refractivity (Wildman–Crippen MR) is 84.8 cm³/mol. The normalized spacial score (nSPS) is 22.7. The molecule has 2 aromatic heterocycles. The third-order valence-corrected chi connectivity index (χ3v) is 5.88. The van der Waals surface area contributed by atoms with Gasteiger partial charge >= 0.3 is 0 Å². The highest BCUT2D eigenvalue weighted by molar-refractivity contribution is 14.1. The standard InChI is InChI=1S/C12H12ClIN4S/c13-9-8-10(17-11(14)16-9)18-7(4-6-2-1-3-6)5-19-12(18)15-8/h6-7H,1-5H2/t7-/m1/s1. The van der Waals surface area contributed by atoms with Gasteiger partial charge in [0.1, 0.15) is 5.52 Å². The molecule has 0 radical (unpaired) electrons. The number of aromatic nitrogens is 4. The first-order valence-corrected chi connectivity index (χ1v) is 8.90. The van der Waals surface area contributed by atoms with E-state index in [-0.39, 0.29) is 0 Å². The monoisotopic (exact) mass is 406 g/mol. The second-order valence-corrected chi connectivity index (χ2v) is 7.53. The van der Waals surface area contributed by atoms with Gasteiger partial charge < -0.3 is 0 Å². The van der Waals surface area contributed by atoms with E-state index in [0.29, 0.717) is 15.0 Å². The van der Waals surface area contributed by atoms with Crippen LogP contribution in [0.1, 0.15) is 31.7 Å². The smallest absolute Gasteiger partial charge is 0.194 e. The Labute approximate surface area is 133 Å². The molecule has 1 atom stereocenters. The Kier molecular flexibility index (Phi) is 3.15. The summed E-state index contributed by atoms with van der Waals surface area (Å²) in [4.78, 5) is 13.3. The molecule has 3 heterocycles. The van der Waals surface area contributed by atoms with Crippen LogP contribution in [-0.4, -0.2) is 25.3 Å². The lowest BCUT2D eigenvalue weighted by Gasteiger charge is -2.28. The summed E-state index contributed by atoms with van der Waals surface area (Å²) in [6.45, 7) is 0. The fourth-order valence-corrected chi connectivity index (χ4v) is 4.83. The van der Waals surface area contributed by atoms with Crippen molar-refractivity contribution in [2.24, 2.45) is 5.92 Å². The van der Waals surface area contributed by atoms with Crippen molar-refractivity contribution in [1.82, 2.24) is 19.5 Å². The maximum Gasteiger partial charge on any atom is 0.194 e. The number of fused-ring (bicyclic) bond motifs is 3. The van der Waals surface area contributed by atoms with Crippen LogP contribution < -0.4 is 0 Å². The molecular formula is C12H12ClIN4S. The summed E-state index contributed by atoms with van der Waals surface area (Å²) >= 11 is 10.1. The Hall–Kier alpha value is -0.0800. The first kappa shape index (κ1) is 12.6. The minimum absolute atomic E-state index is 0.472. The van der Waals surface area contributed by atoms with Crippen LogP contribution in [0.15, 0.2) is 5.16 Å². The number of nitrogens with zero attached hydrogens (tertiary/aromatic N) is 4. The van der Waals surface area contributed by atoms with Crippen LogP contribution in [0.2, 0.25) is 5.15 Å². The lowest BCUT2D eigenvalue weighted by atomic mass is 9.81. The van der Waals surface area contributed by atoms with Crippen LogP contribution in [-0.2, 0) is 0 Å². The Morgan fingerprint density at radius 1 is 1.32 bits per heavy atom. The molecule has 1 aliphatic carbocycles. The highest BCUT2D eigenvalue weighted by Crippen LogP contribution is 2.43. The van der Waals surface area contributed by atoms with Crippen LogP contribution in [0.3, 0.4) is 0 Å². The van der Waals surface area contributed by atoms with Crippen LogP contribution in [0.4, 0.5) is 0 Å². The molecule has 0 unspecified atom stereocenters. The van der Waals surface area contributed by atoms with E-state index in [1.54, 1.807) is 0 Å². The molecule has 4 nitrogen and oxygen atoms in total. The van der Waals surface area contributed by atoms with E-state index < -0.39 is 0 Å². The fraction of sp³-hybridized carbons (Fsp3) is 0.583. The van der Waals surface area contributed by atoms with Crippen LogP contribution in [0, 0.1) is 9.75 Å². The minimum Gasteiger partial charge on any atom is -0.299 e. The van der Waals surface area contributed by atoms with E-state index in [4.69, 9.17) is 11.6 Å². The van der Waals surface area contributed by atoms with Gasteiger partial charge in [-0.15, -0.1) is 0 Å². The summed E-state index contributed by atoms with van der Waals surface area (Å²) in [6, 6.07) is 0.525. The Morgan fingerprint density at radius 2 is 2.16 bits per heavy atom. The Morgan fingerprint density at radius 3 is 2.89 bits per heavy atom. The SMILES string of the molecule is Clc1nc(I)nc2c1nc1n2[C@H](CC2CCC2)CS1. The molecule has 1 aliphatic heterocycles. The highest BCUT2D eigenvalue weighted by Gasteiger charge is 2.32. The van der Waals surface area contributed by atoms with Crippen molar-refractivity contribution in [3.63, 3.8) is 0 Å². The molecule has 2 aliphatic rings. The maximum absolute atomic E-state index is 6.18. The zero-order valence-electron chi connectivity index (χ0n) is 10.1. The second kappa shape index (κ2) is 4.73. The van der Waals surface area contributed by atoms with Gasteiger partial charge in [-0.1, -0.05) is 42.6 Å². The van der Waals surface area contributed by atoms with Crippen LogP contribution in [0.5, 0.6) is 0 Å². The molecule has 0 amide bonds. The van der Waals surface area contributed by atoms with Gasteiger partial charge in [0.05, 0.1) is 0 Å². The van der Waals surface area contributed by atoms with Crippen molar-refractivity contribution in [2.75, 3.05) is 5.75 Å². The van der Waals surface area contributed by atoms with Gasteiger partial charge in [-0.3, -0.25) is 4.57 Å². The van der Waals surface area contributed by atoms with Gasteiger partial charge in [-0.2, -0.15) is 0 Å². The van der Waals surface area contributed by atoms with Crippen molar-refractivity contribution in [1.29, 1.82) is 0 Å². The largest absolute Gasteiger partial charge is 0.299 e. The molecule has 0 saturated heterocycles. The third-order valence-electron chi connectivity index (χ3n) is 4.04. The summed E-state index contributed by atoms with van der Waals surface area (Å²) in [5.41, 5.74) is 1.66. The number of halogens is 2. The summed E-state index contributed by atoms with van der Waals surface area (Å²) in [7, 11) is 0. The zero-order valence-corrected chi connectivity index (χ0v) is 13.9. The second-order valence-electron chi connectivity index (χ2n) is 5.22. The van der Waals surface area contributed by atoms with Gasteiger partial charge in [0.2, 0.25) is 0 Å². The van der Waals surface area contributed by atoms with Crippen molar-refractivity contribution in [3.8, 4) is 0 Å². The molecule has 100 valence electrons. The first-order valence-electron chi connectivity index (χ1n) is 6.46. The quantitative estimate of drug-likeness (QED) is 0.431. The molecule has 1 fully saturated rings. The van der Waals surface area contributed by atoms with E-state index in [9.17, 15) is 0 Å². The first-order chi connectivity index (χ1) is 9.22. The van der Waals surface area contributed by atoms with Crippen LogP contribution >= 0.6 is 46.0 Å². The van der Waals surface area contributed by atoms with Gasteiger partial charge in [-0.05, 0) is 12.3 Å². The molecule has 1 saturated carbocycles. The van der Waals surface area contributed by atoms with Gasteiger partial charge in [0.15, 0.2) is 19.8 Å². The van der Waals surface area contributed by atoms with E-state index in [1.165, 1.54) is 25.7 Å². The average molecular weight is 407 g/mol.